The molecule has 5 N–H and O–H groups in total. The molecule has 0 bridgehead atoms. The summed E-state index contributed by atoms with van der Waals surface area (Å²) in [6.07, 6.45) is 13.4. The number of nitrogens with one attached hydrogen (secondary N) is 3. The summed E-state index contributed by atoms with van der Waals surface area (Å²) in [4.78, 5) is 63.1. The number of amides is 3. The van der Waals surface area contributed by atoms with E-state index in [1.54, 1.807) is 56.2 Å². The van der Waals surface area contributed by atoms with Crippen LogP contribution in [-0.4, -0.2) is 76.1 Å². The Kier molecular flexibility index (Phi) is 12.4. The molecule has 17 heteroatoms. The summed E-state index contributed by atoms with van der Waals surface area (Å²) >= 11 is 0. The Morgan fingerprint density at radius 2 is 1.26 bits per heavy atom. The Hall–Kier alpha value is -7.63. The summed E-state index contributed by atoms with van der Waals surface area (Å²) in [5, 5.41) is 13.7. The Labute approximate surface area is 356 Å². The maximum Gasteiger partial charge on any atom is 0.283 e. The smallest absolute Gasteiger partial charge is 0.283 e. The summed E-state index contributed by atoms with van der Waals surface area (Å²) in [7, 11) is 1.65. The monoisotopic (exact) mass is 829 g/mol. The predicted octanol–water partition coefficient (Wildman–Crippen LogP) is 6.41. The van der Waals surface area contributed by atoms with Crippen molar-refractivity contribution in [2.45, 2.75) is 50.5 Å². The molecule has 0 radical (unpaired) electrons. The standard InChI is InChI=1S/C25H25N7O2.C20H18N6O2/c1-16(14-34-2)32-15-28-31-24(32)21-4-3-5-23(29-21)30-25(33)22-12-18(10-11-26-22)19-8-9-20(27-13-19)17-6-7-17;21-26-20(28)16-2-1-3-18(24-16)25-19(27)17-10-13(8-9-22-17)14-6-7-15(23-11-14)12-4-5-12/h3-5,8-13,15-17H,6-7,14H2,1-2H3,(H,29,30,33);1-3,6-12H,4-5,21H2,(H,26,28)(H,24,25,27)/t16-;/m0./s1. The molecule has 62 heavy (non-hydrogen) atoms. The number of ether oxygens (including phenoxy) is 1. The Morgan fingerprint density at radius 3 is 1.77 bits per heavy atom. The van der Waals surface area contributed by atoms with E-state index in [0.29, 0.717) is 41.5 Å². The summed E-state index contributed by atoms with van der Waals surface area (Å²) in [5.74, 6) is 6.22. The average Bonchev–Trinajstić information content (AvgIpc) is 4.27. The molecule has 0 aromatic carbocycles. The molecule has 7 aromatic rings. The van der Waals surface area contributed by atoms with E-state index >= 15 is 0 Å². The highest BCUT2D eigenvalue weighted by atomic mass is 16.5. The molecular weight excluding hydrogens is 787 g/mol. The number of hydrogen-bond acceptors (Lipinski definition) is 13. The van der Waals surface area contributed by atoms with Crippen molar-refractivity contribution in [2.24, 2.45) is 5.84 Å². The lowest BCUT2D eigenvalue weighted by Crippen LogP contribution is -2.30. The van der Waals surface area contributed by atoms with Gasteiger partial charge in [0.15, 0.2) is 5.82 Å². The van der Waals surface area contributed by atoms with Crippen LogP contribution in [0.4, 0.5) is 11.6 Å². The van der Waals surface area contributed by atoms with E-state index in [2.05, 4.69) is 56.8 Å². The number of anilines is 2. The first-order valence-corrected chi connectivity index (χ1v) is 20.1. The van der Waals surface area contributed by atoms with Crippen LogP contribution in [0.1, 0.15) is 93.3 Å². The highest BCUT2D eigenvalue weighted by Crippen LogP contribution is 2.40. The lowest BCUT2D eigenvalue weighted by Gasteiger charge is -2.14. The number of hydrogen-bond donors (Lipinski definition) is 4. The minimum absolute atomic E-state index is 0.0369. The molecular formula is C45H43N13O4. The molecule has 7 heterocycles. The highest BCUT2D eigenvalue weighted by molar-refractivity contribution is 6.04. The van der Waals surface area contributed by atoms with Crippen molar-refractivity contribution in [3.05, 3.63) is 145 Å². The van der Waals surface area contributed by atoms with Gasteiger partial charge in [-0.05, 0) is 104 Å². The molecule has 2 aliphatic carbocycles. The van der Waals surface area contributed by atoms with Gasteiger partial charge in [-0.25, -0.2) is 15.8 Å². The number of carbonyl (C=O) groups is 3. The first-order valence-electron chi connectivity index (χ1n) is 20.1. The topological polar surface area (TPSA) is 231 Å². The van der Waals surface area contributed by atoms with Crippen LogP contribution in [0.25, 0.3) is 33.8 Å². The van der Waals surface area contributed by atoms with Crippen molar-refractivity contribution in [3.63, 3.8) is 0 Å². The van der Waals surface area contributed by atoms with Gasteiger partial charge < -0.3 is 19.9 Å². The van der Waals surface area contributed by atoms with Crippen LogP contribution in [0.2, 0.25) is 0 Å². The van der Waals surface area contributed by atoms with Crippen LogP contribution in [0.15, 0.2) is 116 Å². The van der Waals surface area contributed by atoms with E-state index in [-0.39, 0.29) is 29.2 Å². The molecule has 0 aliphatic heterocycles. The second-order valence-corrected chi connectivity index (χ2v) is 14.9. The molecule has 2 fully saturated rings. The van der Waals surface area contributed by atoms with Crippen molar-refractivity contribution >= 4 is 29.4 Å². The third-order valence-electron chi connectivity index (χ3n) is 10.2. The number of methoxy groups -OCH3 is 1. The van der Waals surface area contributed by atoms with Crippen LogP contribution in [0.3, 0.4) is 0 Å². The van der Waals surface area contributed by atoms with Gasteiger partial charge in [0.1, 0.15) is 40.7 Å². The zero-order valence-electron chi connectivity index (χ0n) is 34.0. The van der Waals surface area contributed by atoms with E-state index in [9.17, 15) is 14.4 Å². The Morgan fingerprint density at radius 1 is 0.694 bits per heavy atom. The molecule has 2 saturated carbocycles. The molecule has 0 saturated heterocycles. The van der Waals surface area contributed by atoms with E-state index in [1.807, 2.05) is 71.8 Å². The quantitative estimate of drug-likeness (QED) is 0.0560. The number of hydrazine groups is 1. The predicted molar refractivity (Wildman–Crippen MR) is 231 cm³/mol. The maximum absolute atomic E-state index is 12.9. The van der Waals surface area contributed by atoms with Crippen LogP contribution in [0.5, 0.6) is 0 Å². The Balaban J connectivity index is 0.000000174. The van der Waals surface area contributed by atoms with Crippen LogP contribution in [0, 0.1) is 0 Å². The molecule has 1 atom stereocenters. The fraction of sp³-hybridized carbons (Fsp3) is 0.222. The largest absolute Gasteiger partial charge is 0.383 e. The van der Waals surface area contributed by atoms with Crippen molar-refractivity contribution in [2.75, 3.05) is 24.4 Å². The lowest BCUT2D eigenvalue weighted by atomic mass is 10.1. The second kappa shape index (κ2) is 18.7. The van der Waals surface area contributed by atoms with Gasteiger partial charge in [-0.1, -0.05) is 24.3 Å². The van der Waals surface area contributed by atoms with Crippen LogP contribution >= 0.6 is 0 Å². The van der Waals surface area contributed by atoms with Crippen molar-refractivity contribution in [3.8, 4) is 33.8 Å². The molecule has 2 aliphatic rings. The van der Waals surface area contributed by atoms with Crippen LogP contribution in [-0.2, 0) is 4.74 Å². The first-order chi connectivity index (χ1) is 30.3. The van der Waals surface area contributed by atoms with Crippen molar-refractivity contribution in [1.82, 2.24) is 50.1 Å². The molecule has 312 valence electrons. The second-order valence-electron chi connectivity index (χ2n) is 14.9. The number of rotatable bonds is 13. The number of pyridine rings is 6. The van der Waals surface area contributed by atoms with Gasteiger partial charge in [-0.3, -0.25) is 39.7 Å². The van der Waals surface area contributed by atoms with Gasteiger partial charge in [0.25, 0.3) is 17.7 Å². The Bertz CT molecular complexity index is 2700. The van der Waals surface area contributed by atoms with Gasteiger partial charge >= 0.3 is 0 Å². The van der Waals surface area contributed by atoms with E-state index < -0.39 is 11.8 Å². The van der Waals surface area contributed by atoms with Crippen molar-refractivity contribution < 1.29 is 19.1 Å². The summed E-state index contributed by atoms with van der Waals surface area (Å²) in [6, 6.07) is 25.4. The number of nitrogens with zero attached hydrogens (tertiary/aromatic N) is 9. The summed E-state index contributed by atoms with van der Waals surface area (Å²) in [5.41, 5.74) is 9.08. The molecule has 9 rings (SSSR count). The third kappa shape index (κ3) is 10.0. The van der Waals surface area contributed by atoms with Crippen molar-refractivity contribution in [1.29, 1.82) is 0 Å². The zero-order chi connectivity index (χ0) is 43.0. The van der Waals surface area contributed by atoms with Gasteiger partial charge in [0, 0.05) is 66.2 Å². The number of carbonyl (C=O) groups excluding carboxylic acids is 3. The summed E-state index contributed by atoms with van der Waals surface area (Å²) < 4.78 is 7.13. The fourth-order valence-corrected chi connectivity index (χ4v) is 6.63. The van der Waals surface area contributed by atoms with Gasteiger partial charge in [0.2, 0.25) is 0 Å². The van der Waals surface area contributed by atoms with E-state index in [0.717, 1.165) is 33.6 Å². The molecule has 0 spiro atoms. The highest BCUT2D eigenvalue weighted by Gasteiger charge is 2.25. The zero-order valence-corrected chi connectivity index (χ0v) is 34.0. The minimum atomic E-state index is -0.543. The SMILES string of the molecule is COC[C@H](C)n1cnnc1-c1cccc(NC(=O)c2cc(-c3ccc(C4CC4)nc3)ccn2)n1.NNC(=O)c1cccc(NC(=O)c2cc(-c3ccc(C4CC4)nc3)ccn2)n1. The number of aromatic nitrogens is 9. The lowest BCUT2D eigenvalue weighted by molar-refractivity contribution is 0.0946. The molecule has 17 nitrogen and oxygen atoms in total. The third-order valence-corrected chi connectivity index (χ3v) is 10.2. The fourth-order valence-electron chi connectivity index (χ4n) is 6.63. The first kappa shape index (κ1) is 41.1. The normalized spacial score (nSPS) is 13.6. The van der Waals surface area contributed by atoms with Gasteiger partial charge in [-0.2, -0.15) is 0 Å². The molecule has 0 unspecified atom stereocenters. The molecule has 7 aromatic heterocycles. The van der Waals surface area contributed by atoms with E-state index in [4.69, 9.17) is 10.6 Å². The maximum atomic E-state index is 12.9. The molecule has 3 amide bonds. The number of nitrogens with two attached hydrogens (primary N) is 1. The summed E-state index contributed by atoms with van der Waals surface area (Å²) in [6.45, 7) is 2.53. The van der Waals surface area contributed by atoms with Crippen LogP contribution < -0.4 is 21.9 Å². The van der Waals surface area contributed by atoms with Gasteiger partial charge in [0.05, 0.1) is 12.6 Å². The average molecular weight is 830 g/mol. The minimum Gasteiger partial charge on any atom is -0.383 e. The van der Waals surface area contributed by atoms with E-state index in [1.165, 1.54) is 31.7 Å². The van der Waals surface area contributed by atoms with Gasteiger partial charge in [-0.15, -0.1) is 10.2 Å². The number of nitrogen functional groups attached to an aromatic ring is 1.